The van der Waals surface area contributed by atoms with E-state index in [0.717, 1.165) is 0 Å². The van der Waals surface area contributed by atoms with Gasteiger partial charge >= 0.3 is 6.18 Å². The molecule has 28 heavy (non-hydrogen) atoms. The Morgan fingerprint density at radius 1 is 1.11 bits per heavy atom. The summed E-state index contributed by atoms with van der Waals surface area (Å²) in [5, 5.41) is 5.03. The predicted molar refractivity (Wildman–Crippen MR) is 95.0 cm³/mol. The van der Waals surface area contributed by atoms with Crippen LogP contribution in [0.5, 0.6) is 5.75 Å². The fraction of sp³-hybridized carbons (Fsp3) is 0.500. The molecule has 10 heteroatoms. The highest BCUT2D eigenvalue weighted by Gasteiger charge is 2.28. The van der Waals surface area contributed by atoms with Crippen molar-refractivity contribution in [3.05, 3.63) is 29.8 Å². The quantitative estimate of drug-likeness (QED) is 0.552. The Labute approximate surface area is 160 Å². The van der Waals surface area contributed by atoms with Gasteiger partial charge in [-0.1, -0.05) is 26.0 Å². The molecule has 0 spiro atoms. The number of hydrogen-bond acceptors (Lipinski definition) is 4. The van der Waals surface area contributed by atoms with Crippen LogP contribution in [-0.4, -0.2) is 36.5 Å². The van der Waals surface area contributed by atoms with Gasteiger partial charge in [0.25, 0.3) is 0 Å². The van der Waals surface area contributed by atoms with Crippen molar-refractivity contribution >= 4 is 17.7 Å². The first-order valence-corrected chi connectivity index (χ1v) is 8.60. The van der Waals surface area contributed by atoms with E-state index in [2.05, 4.69) is 15.4 Å². The number of carbonyl (C=O) groups excluding carboxylic acids is 3. The Bertz CT molecular complexity index is 676. The molecule has 0 unspecified atom stereocenters. The number of carbonyl (C=O) groups is 3. The lowest BCUT2D eigenvalue weighted by molar-refractivity contribution is -0.153. The van der Waals surface area contributed by atoms with Gasteiger partial charge in [0.2, 0.25) is 17.7 Å². The summed E-state index contributed by atoms with van der Waals surface area (Å²) in [5.74, 6) is -1.58. The molecule has 0 saturated heterocycles. The van der Waals surface area contributed by atoms with E-state index in [0.29, 0.717) is 5.56 Å². The van der Waals surface area contributed by atoms with Gasteiger partial charge in [0.15, 0.2) is 6.61 Å². The molecule has 0 fully saturated rings. The molecule has 0 aliphatic heterocycles. The van der Waals surface area contributed by atoms with Crippen LogP contribution in [0.15, 0.2) is 24.3 Å². The average Bonchev–Trinajstić information content (AvgIpc) is 2.56. The van der Waals surface area contributed by atoms with Gasteiger partial charge in [-0.2, -0.15) is 13.2 Å². The minimum absolute atomic E-state index is 0.0416. The lowest BCUT2D eigenvalue weighted by atomic mass is 10.1. The molecule has 3 amide bonds. The minimum Gasteiger partial charge on any atom is -0.484 e. The monoisotopic (exact) mass is 403 g/mol. The topological polar surface area (TPSA) is 111 Å². The van der Waals surface area contributed by atoms with E-state index >= 15 is 0 Å². The smallest absolute Gasteiger partial charge is 0.422 e. The number of amides is 3. The van der Waals surface area contributed by atoms with Crippen molar-refractivity contribution in [1.29, 1.82) is 0 Å². The van der Waals surface area contributed by atoms with Gasteiger partial charge in [-0.05, 0) is 23.6 Å². The summed E-state index contributed by atoms with van der Waals surface area (Å²) < 4.78 is 41.0. The molecule has 0 bridgehead atoms. The van der Waals surface area contributed by atoms with Crippen molar-refractivity contribution in [1.82, 2.24) is 10.6 Å². The summed E-state index contributed by atoms with van der Waals surface area (Å²) in [6, 6.07) is 4.58. The van der Waals surface area contributed by atoms with Crippen LogP contribution in [0.1, 0.15) is 32.3 Å². The second-order valence-electron chi connectivity index (χ2n) is 6.65. The number of halogens is 3. The van der Waals surface area contributed by atoms with E-state index in [-0.39, 0.29) is 37.0 Å². The van der Waals surface area contributed by atoms with E-state index in [4.69, 9.17) is 5.73 Å². The van der Waals surface area contributed by atoms with Crippen molar-refractivity contribution in [3.8, 4) is 5.75 Å². The summed E-state index contributed by atoms with van der Waals surface area (Å²) in [4.78, 5) is 35.3. The summed E-state index contributed by atoms with van der Waals surface area (Å²) in [5.41, 5.74) is 5.72. The molecule has 1 atom stereocenters. The van der Waals surface area contributed by atoms with E-state index in [1.165, 1.54) is 24.3 Å². The number of rotatable bonds is 10. The fourth-order valence-electron chi connectivity index (χ4n) is 2.22. The molecule has 7 nitrogen and oxygen atoms in total. The van der Waals surface area contributed by atoms with Crippen LogP contribution >= 0.6 is 0 Å². The number of primary amides is 1. The van der Waals surface area contributed by atoms with Crippen molar-refractivity contribution in [2.75, 3.05) is 6.61 Å². The van der Waals surface area contributed by atoms with Gasteiger partial charge in [-0.25, -0.2) is 0 Å². The van der Waals surface area contributed by atoms with Gasteiger partial charge in [-0.15, -0.1) is 0 Å². The molecule has 0 aromatic heterocycles. The lowest BCUT2D eigenvalue weighted by Crippen LogP contribution is -2.48. The Morgan fingerprint density at radius 2 is 1.71 bits per heavy atom. The Hall–Kier alpha value is -2.78. The second kappa shape index (κ2) is 10.5. The number of ether oxygens (including phenoxy) is 1. The molecular weight excluding hydrogens is 379 g/mol. The molecule has 0 saturated carbocycles. The van der Waals surface area contributed by atoms with E-state index < -0.39 is 30.6 Å². The van der Waals surface area contributed by atoms with Gasteiger partial charge in [0.05, 0.1) is 6.42 Å². The van der Waals surface area contributed by atoms with Crippen LogP contribution in [0.25, 0.3) is 0 Å². The van der Waals surface area contributed by atoms with Crippen LogP contribution in [0.4, 0.5) is 13.2 Å². The highest BCUT2D eigenvalue weighted by atomic mass is 19.4. The third kappa shape index (κ3) is 9.79. The normalized spacial score (nSPS) is 12.4. The molecule has 156 valence electrons. The van der Waals surface area contributed by atoms with Crippen molar-refractivity contribution in [2.45, 2.75) is 45.5 Å². The molecular formula is C18H24F3N3O4. The maximum atomic E-state index is 12.3. The highest BCUT2D eigenvalue weighted by molar-refractivity contribution is 5.91. The van der Waals surface area contributed by atoms with Crippen molar-refractivity contribution < 1.29 is 32.3 Å². The number of nitrogens with two attached hydrogens (primary N) is 1. The average molecular weight is 403 g/mol. The van der Waals surface area contributed by atoms with Crippen LogP contribution < -0.4 is 21.1 Å². The standard InChI is InChI=1S/C18H24F3N3O4/c1-11(2)7-16(26)24-14(8-15(22)25)17(27)23-9-12-3-5-13(6-4-12)28-10-18(19,20)21/h3-6,11,14H,7-10H2,1-2H3,(H2,22,25)(H,23,27)(H,24,26)/t14-/m1/s1. The molecule has 0 aliphatic carbocycles. The van der Waals surface area contributed by atoms with Gasteiger partial charge < -0.3 is 21.1 Å². The lowest BCUT2D eigenvalue weighted by Gasteiger charge is -2.18. The number of benzene rings is 1. The van der Waals surface area contributed by atoms with E-state index in [1.54, 1.807) is 0 Å². The van der Waals surface area contributed by atoms with Crippen molar-refractivity contribution in [3.63, 3.8) is 0 Å². The molecule has 1 rings (SSSR count). The van der Waals surface area contributed by atoms with E-state index in [9.17, 15) is 27.6 Å². The zero-order chi connectivity index (χ0) is 21.3. The maximum Gasteiger partial charge on any atom is 0.422 e. The Balaban J connectivity index is 2.60. The van der Waals surface area contributed by atoms with Crippen LogP contribution in [0.2, 0.25) is 0 Å². The van der Waals surface area contributed by atoms with Gasteiger partial charge in [0.1, 0.15) is 11.8 Å². The SMILES string of the molecule is CC(C)CC(=O)N[C@H](CC(N)=O)C(=O)NCc1ccc(OCC(F)(F)F)cc1. The van der Waals surface area contributed by atoms with Crippen LogP contribution in [0.3, 0.4) is 0 Å². The summed E-state index contributed by atoms with van der Waals surface area (Å²) >= 11 is 0. The Morgan fingerprint density at radius 3 is 2.21 bits per heavy atom. The first-order chi connectivity index (χ1) is 13.0. The van der Waals surface area contributed by atoms with Crippen molar-refractivity contribution in [2.24, 2.45) is 11.7 Å². The van der Waals surface area contributed by atoms with Gasteiger partial charge in [-0.3, -0.25) is 14.4 Å². The zero-order valence-corrected chi connectivity index (χ0v) is 15.6. The first kappa shape index (κ1) is 23.3. The second-order valence-corrected chi connectivity index (χ2v) is 6.65. The number of nitrogens with one attached hydrogen (secondary N) is 2. The number of hydrogen-bond donors (Lipinski definition) is 3. The highest BCUT2D eigenvalue weighted by Crippen LogP contribution is 2.18. The molecule has 0 radical (unpaired) electrons. The van der Waals surface area contributed by atoms with Crippen LogP contribution in [0, 0.1) is 5.92 Å². The molecule has 4 N–H and O–H groups in total. The summed E-state index contributed by atoms with van der Waals surface area (Å²) in [6.07, 6.45) is -4.58. The third-order valence-corrected chi connectivity index (χ3v) is 3.44. The minimum atomic E-state index is -4.43. The number of alkyl halides is 3. The van der Waals surface area contributed by atoms with E-state index in [1.807, 2.05) is 13.8 Å². The fourth-order valence-corrected chi connectivity index (χ4v) is 2.22. The van der Waals surface area contributed by atoms with Crippen LogP contribution in [-0.2, 0) is 20.9 Å². The Kier molecular flexibility index (Phi) is 8.75. The van der Waals surface area contributed by atoms with Gasteiger partial charge in [0, 0.05) is 13.0 Å². The maximum absolute atomic E-state index is 12.3. The molecule has 0 heterocycles. The third-order valence-electron chi connectivity index (χ3n) is 3.44. The molecule has 1 aromatic carbocycles. The molecule has 1 aromatic rings. The summed E-state index contributed by atoms with van der Waals surface area (Å²) in [6.45, 7) is 2.33. The summed E-state index contributed by atoms with van der Waals surface area (Å²) in [7, 11) is 0. The largest absolute Gasteiger partial charge is 0.484 e. The predicted octanol–water partition coefficient (Wildman–Crippen LogP) is 1.65. The zero-order valence-electron chi connectivity index (χ0n) is 15.6. The molecule has 0 aliphatic rings. The first-order valence-electron chi connectivity index (χ1n) is 8.60.